The van der Waals surface area contributed by atoms with E-state index >= 15 is 0 Å². The van der Waals surface area contributed by atoms with Crippen LogP contribution in [0.4, 0.5) is 23.3 Å². The van der Waals surface area contributed by atoms with Crippen LogP contribution in [0.15, 0.2) is 48.5 Å². The Hall–Kier alpha value is -6.73. The molecule has 451 valence electrons. The molecule has 83 heavy (non-hydrogen) atoms. The summed E-state index contributed by atoms with van der Waals surface area (Å²) in [6.07, 6.45) is 13.3. The Kier molecular flexibility index (Phi) is 39.5. The third-order valence-corrected chi connectivity index (χ3v) is 11.9. The van der Waals surface area contributed by atoms with E-state index in [0.29, 0.717) is 67.2 Å². The maximum Gasteiger partial charge on any atom is 1.00 e. The molecule has 6 heterocycles. The Balaban J connectivity index is 0.00000115. The number of Topliss-reactive ketones (excluding diaryl/α,β-unsaturated/α-hetero) is 2. The van der Waals surface area contributed by atoms with E-state index in [1.54, 1.807) is 12.1 Å². The number of nitrogen functional groups attached to an aromatic ring is 2. The third kappa shape index (κ3) is 30.9. The predicted octanol–water partition coefficient (Wildman–Crippen LogP) is 4.33. The van der Waals surface area contributed by atoms with Gasteiger partial charge in [-0.1, -0.05) is 96.8 Å². The molecule has 2 aromatic carbocycles. The smallest absolute Gasteiger partial charge is 0.793 e. The molecule has 25 heteroatoms. The van der Waals surface area contributed by atoms with Gasteiger partial charge in [0.15, 0.2) is 11.6 Å². The summed E-state index contributed by atoms with van der Waals surface area (Å²) < 4.78 is 14.9. The van der Waals surface area contributed by atoms with Gasteiger partial charge in [0.05, 0.1) is 26.3 Å². The Labute approximate surface area is 513 Å². The first kappa shape index (κ1) is 76.3. The number of carboxylic acid groups (broad SMARTS) is 1. The fourth-order valence-corrected chi connectivity index (χ4v) is 8.21. The van der Waals surface area contributed by atoms with Crippen LogP contribution in [0, 0.1) is 0 Å². The number of benzene rings is 2. The van der Waals surface area contributed by atoms with Gasteiger partial charge in [0, 0.05) is 76.9 Å². The summed E-state index contributed by atoms with van der Waals surface area (Å²) in [6, 6.07) is 16.5. The summed E-state index contributed by atoms with van der Waals surface area (Å²) in [5.74, 6) is -0.425. The van der Waals surface area contributed by atoms with Crippen LogP contribution >= 0.6 is 0 Å². The van der Waals surface area contributed by atoms with Gasteiger partial charge >= 0.3 is 53.5 Å². The molecule has 6 N–H and O–H groups in total. The van der Waals surface area contributed by atoms with Gasteiger partial charge in [-0.3, -0.25) is 28.9 Å². The van der Waals surface area contributed by atoms with Crippen molar-refractivity contribution < 1.29 is 92.1 Å². The molecule has 2 fully saturated rings. The summed E-state index contributed by atoms with van der Waals surface area (Å²) in [6.45, 7) is 17.3. The quantitative estimate of drug-likeness (QED) is 0.0423. The molecule has 4 aliphatic heterocycles. The number of aliphatic carboxylic acids is 1. The molecule has 0 atom stereocenters. The average molecular weight is 1170 g/mol. The molecule has 2 saturated heterocycles. The second kappa shape index (κ2) is 43.0. The van der Waals surface area contributed by atoms with E-state index in [4.69, 9.17) is 30.8 Å². The van der Waals surface area contributed by atoms with E-state index in [0.717, 1.165) is 70.7 Å². The van der Waals surface area contributed by atoms with Gasteiger partial charge in [-0.2, -0.15) is 19.9 Å². The van der Waals surface area contributed by atoms with E-state index in [9.17, 15) is 28.8 Å². The summed E-state index contributed by atoms with van der Waals surface area (Å²) in [7, 11) is 4.32. The van der Waals surface area contributed by atoms with Crippen LogP contribution in [0.25, 0.3) is 0 Å². The van der Waals surface area contributed by atoms with Gasteiger partial charge in [-0.25, -0.2) is 19.4 Å². The fraction of sp³-hybridized carbons (Fsp3) is 0.534. The van der Waals surface area contributed by atoms with Crippen LogP contribution in [0.1, 0.15) is 159 Å². The molecular formula is C58H87BN10NaO13. The number of nitrogens with zero attached hydrogens (tertiary/aromatic N) is 7. The summed E-state index contributed by atoms with van der Waals surface area (Å²) in [5.41, 5.74) is 17.6. The van der Waals surface area contributed by atoms with E-state index < -0.39 is 23.9 Å². The zero-order valence-electron chi connectivity index (χ0n) is 48.2. The van der Waals surface area contributed by atoms with Gasteiger partial charge in [-0.15, -0.1) is 0 Å². The molecule has 2 aromatic heterocycles. The molecule has 0 amide bonds. The van der Waals surface area contributed by atoms with Crippen LogP contribution in [0.5, 0.6) is 12.0 Å². The van der Waals surface area contributed by atoms with Gasteiger partial charge in [-0.05, 0) is 87.5 Å². The second-order valence-corrected chi connectivity index (χ2v) is 19.0. The van der Waals surface area contributed by atoms with E-state index in [-0.39, 0.29) is 87.2 Å². The van der Waals surface area contributed by atoms with Crippen LogP contribution in [0.2, 0.25) is 0 Å². The minimum atomic E-state index is -0.833. The SMILES string of the molecule is C.C.C1CCNCC1.CC(=O)O.CC(=O)OOC(C)=O.CCCCOc1nc(N)c2c(n1)N(Cc1cccc(C=O)c1)CC(=O)C2.CCCCOc1nc(N)c2c(n1)N(Cc1cccc(CN3CCCCC3)c1)CC(=O)C2.[B-]OC(C)=O.[Na+]. The second-order valence-electron chi connectivity index (χ2n) is 19.0. The van der Waals surface area contributed by atoms with E-state index in [1.165, 1.54) is 82.8 Å². The first-order valence-corrected chi connectivity index (χ1v) is 26.9. The number of piperidine rings is 2. The van der Waals surface area contributed by atoms with Gasteiger partial charge in [0.1, 0.15) is 29.6 Å². The molecule has 4 aliphatic rings. The minimum absolute atomic E-state index is 0. The number of nitrogens with one attached hydrogen (secondary N) is 1. The molecule has 0 unspecified atom stereocenters. The zero-order chi connectivity index (χ0) is 58.8. The Morgan fingerprint density at radius 1 is 0.651 bits per heavy atom. The van der Waals surface area contributed by atoms with Crippen molar-refractivity contribution in [1.29, 1.82) is 0 Å². The molecule has 23 nitrogen and oxygen atoms in total. The number of hydrogen-bond acceptors (Lipinski definition) is 22. The average Bonchev–Trinajstić information content (AvgIpc) is 3.54. The molecule has 4 aromatic rings. The monoisotopic (exact) mass is 1170 g/mol. The van der Waals surface area contributed by atoms with E-state index in [2.05, 4.69) is 90.7 Å². The summed E-state index contributed by atoms with van der Waals surface area (Å²) in [4.78, 5) is 105. The number of ketones is 2. The molecule has 0 spiro atoms. The number of carboxylic acids is 1. The number of anilines is 4. The largest absolute Gasteiger partial charge is 1.00 e. The van der Waals surface area contributed by atoms with Crippen molar-refractivity contribution in [1.82, 2.24) is 30.2 Å². The van der Waals surface area contributed by atoms with Crippen molar-refractivity contribution in [2.24, 2.45) is 0 Å². The minimum Gasteiger partial charge on any atom is -0.793 e. The molecule has 0 bridgehead atoms. The fourth-order valence-electron chi connectivity index (χ4n) is 8.21. The maximum absolute atomic E-state index is 12.4. The predicted molar refractivity (Wildman–Crippen MR) is 315 cm³/mol. The van der Waals surface area contributed by atoms with Gasteiger partial charge in [0.2, 0.25) is 5.97 Å². The van der Waals surface area contributed by atoms with Crippen molar-refractivity contribution >= 4 is 73.1 Å². The first-order chi connectivity index (χ1) is 38.3. The van der Waals surface area contributed by atoms with Crippen LogP contribution in [0.3, 0.4) is 0 Å². The van der Waals surface area contributed by atoms with Gasteiger partial charge in [0.25, 0.3) is 5.97 Å². The Morgan fingerprint density at radius 2 is 1.06 bits per heavy atom. The number of ether oxygens (including phenoxy) is 2. The molecule has 8 rings (SSSR count). The maximum atomic E-state index is 12.4. The normalized spacial score (nSPS) is 13.7. The molecular weight excluding hydrogens is 1080 g/mol. The topological polar surface area (TPSA) is 311 Å². The summed E-state index contributed by atoms with van der Waals surface area (Å²) >= 11 is 0. The third-order valence-electron chi connectivity index (χ3n) is 11.9. The Morgan fingerprint density at radius 3 is 1.43 bits per heavy atom. The zero-order valence-corrected chi connectivity index (χ0v) is 50.2. The van der Waals surface area contributed by atoms with Crippen molar-refractivity contribution in [3.63, 3.8) is 0 Å². The Bertz CT molecular complexity index is 2600. The summed E-state index contributed by atoms with van der Waals surface area (Å²) in [5, 5.41) is 10.7. The van der Waals surface area contributed by atoms with Gasteiger partial charge < -0.3 is 53.9 Å². The van der Waals surface area contributed by atoms with Crippen molar-refractivity contribution in [2.75, 3.05) is 73.7 Å². The number of nitrogens with two attached hydrogens (primary N) is 2. The first-order valence-electron chi connectivity index (χ1n) is 26.9. The van der Waals surface area contributed by atoms with E-state index in [1.807, 2.05) is 21.9 Å². The number of unbranched alkanes of at least 4 members (excludes halogenated alkanes) is 2. The number of carbonyl (C=O) groups excluding carboxylic acids is 6. The van der Waals surface area contributed by atoms with Crippen LogP contribution in [-0.4, -0.2) is 132 Å². The van der Waals surface area contributed by atoms with Crippen LogP contribution in [-0.2, 0) is 75.7 Å². The van der Waals surface area contributed by atoms with Crippen molar-refractivity contribution in [3.8, 4) is 12.0 Å². The number of fused-ring (bicyclic) bond motifs is 2. The van der Waals surface area contributed by atoms with Crippen LogP contribution < -0.4 is 65.6 Å². The molecule has 0 saturated carbocycles. The molecule has 0 aliphatic carbocycles. The number of likely N-dealkylation sites (tertiary alicyclic amines) is 1. The van der Waals surface area contributed by atoms with Crippen molar-refractivity contribution in [3.05, 3.63) is 81.9 Å². The number of aldehydes is 1. The molecule has 3 radical (unpaired) electrons. The number of rotatable bonds is 15. The van der Waals surface area contributed by atoms with Crippen molar-refractivity contribution in [2.45, 2.75) is 153 Å². The standard InChI is InChI=1S/C24H33N5O2.C19H22N4O3.C5H11N.C4H6O4.C2H3BO2.C2H4O2.2CH4.Na/c1-2-3-12-31-24-26-22(25)21-14-20(30)17-29(23(21)27-24)16-19-9-7-8-18(13-19)15-28-10-5-4-6-11-28;1-2-3-7-26-19-21-17(20)16-9-15(25)11-23(18(16)22-19)10-13-5-4-6-14(8-13)12-24;1-2-4-6-5-3-1;1-3(5)7-8-4(2)6;1-2(4)5-3;1-2(3)4;;;/h7-9,13H,2-6,10-12,14-17H2,1H3,(H2,25,26,27);4-6,8,12H,2-3,7,9-11H2,1H3,(H2,20,21,22);6H,1-5H2;1-2H3;1H3;1H3,(H,3,4);2*1H4;/q;;;;-1;;;;+1. The number of hydrogen-bond donors (Lipinski definition) is 4. The number of aromatic nitrogens is 4. The number of carbonyl (C=O) groups is 7.